The Morgan fingerprint density at radius 2 is 1.84 bits per heavy atom. The number of hydrogen-bond acceptors (Lipinski definition) is 3. The fourth-order valence-electron chi connectivity index (χ4n) is 4.18. The Hall–Kier alpha value is -2.63. The minimum atomic E-state index is -0.492. The van der Waals surface area contributed by atoms with Gasteiger partial charge < -0.3 is 10.2 Å². The van der Waals surface area contributed by atoms with Crippen molar-refractivity contribution in [1.29, 1.82) is 0 Å². The average molecular weight is 453 g/mol. The molecule has 0 unspecified atom stereocenters. The molecule has 0 fully saturated rings. The van der Waals surface area contributed by atoms with E-state index in [9.17, 15) is 9.59 Å². The van der Waals surface area contributed by atoms with E-state index in [0.29, 0.717) is 23.7 Å². The molecule has 0 radical (unpaired) electrons. The highest BCUT2D eigenvalue weighted by Gasteiger charge is 2.44. The van der Waals surface area contributed by atoms with Crippen LogP contribution in [0, 0.1) is 5.92 Å². The third-order valence-corrected chi connectivity index (χ3v) is 6.84. The highest BCUT2D eigenvalue weighted by molar-refractivity contribution is 7.10. The van der Waals surface area contributed by atoms with Crippen molar-refractivity contribution in [3.8, 4) is 0 Å². The lowest BCUT2D eigenvalue weighted by molar-refractivity contribution is -0.124. The summed E-state index contributed by atoms with van der Waals surface area (Å²) < 4.78 is 0. The molecule has 1 aromatic heterocycles. The van der Waals surface area contributed by atoms with E-state index in [1.54, 1.807) is 11.3 Å². The predicted octanol–water partition coefficient (Wildman–Crippen LogP) is 5.65. The van der Waals surface area contributed by atoms with Crippen LogP contribution in [0.15, 0.2) is 66.0 Å². The quantitative estimate of drug-likeness (QED) is 0.525. The highest BCUT2D eigenvalue weighted by Crippen LogP contribution is 2.44. The zero-order valence-electron chi connectivity index (χ0n) is 17.5. The molecule has 2 aromatic carbocycles. The summed E-state index contributed by atoms with van der Waals surface area (Å²) in [6, 6.07) is 18.6. The first-order valence-corrected chi connectivity index (χ1v) is 11.7. The van der Waals surface area contributed by atoms with E-state index in [-0.39, 0.29) is 23.8 Å². The maximum atomic E-state index is 13.6. The van der Waals surface area contributed by atoms with Crippen LogP contribution in [-0.2, 0) is 11.3 Å². The fraction of sp³-hybridized carbons (Fsp3) is 0.280. The number of carbonyl (C=O) groups excluding carboxylic acids is 2. The van der Waals surface area contributed by atoms with Crippen LogP contribution in [0.2, 0.25) is 5.02 Å². The molecular formula is C25H25ClN2O2S. The van der Waals surface area contributed by atoms with Gasteiger partial charge in [-0.25, -0.2) is 0 Å². The second-order valence-corrected chi connectivity index (χ2v) is 9.57. The van der Waals surface area contributed by atoms with Crippen molar-refractivity contribution in [2.45, 2.75) is 32.4 Å². The molecule has 0 saturated heterocycles. The van der Waals surface area contributed by atoms with Crippen LogP contribution in [0.3, 0.4) is 0 Å². The van der Waals surface area contributed by atoms with Crippen LogP contribution in [0.5, 0.6) is 0 Å². The number of rotatable bonds is 6. The Morgan fingerprint density at radius 3 is 2.55 bits per heavy atom. The molecule has 2 amide bonds. The van der Waals surface area contributed by atoms with Gasteiger partial charge in [0.05, 0.1) is 12.0 Å². The van der Waals surface area contributed by atoms with Crippen LogP contribution in [-0.4, -0.2) is 23.3 Å². The molecule has 0 aliphatic carbocycles. The van der Waals surface area contributed by atoms with Crippen LogP contribution >= 0.6 is 22.9 Å². The first-order valence-electron chi connectivity index (χ1n) is 10.4. The summed E-state index contributed by atoms with van der Waals surface area (Å²) in [6.07, 6.45) is 0. The van der Waals surface area contributed by atoms with Gasteiger partial charge in [0.25, 0.3) is 5.91 Å². The lowest BCUT2D eigenvalue weighted by Crippen LogP contribution is -2.48. The first kappa shape index (κ1) is 21.6. The Labute approximate surface area is 191 Å². The molecule has 0 bridgehead atoms. The minimum absolute atomic E-state index is 0.0159. The minimum Gasteiger partial charge on any atom is -0.351 e. The SMILES string of the molecule is CC(C)CN1C(=O)c2ccccc2[C@H](C(=O)NCc2ccccc2Cl)[C@H]1c1cccs1. The Balaban J connectivity index is 1.74. The van der Waals surface area contributed by atoms with Crippen molar-refractivity contribution in [3.05, 3.63) is 92.6 Å². The van der Waals surface area contributed by atoms with E-state index in [1.807, 2.05) is 70.9 Å². The van der Waals surface area contributed by atoms with Gasteiger partial charge in [-0.2, -0.15) is 0 Å². The summed E-state index contributed by atoms with van der Waals surface area (Å²) in [6.45, 7) is 5.11. The third-order valence-electron chi connectivity index (χ3n) is 5.53. The van der Waals surface area contributed by atoms with E-state index < -0.39 is 5.92 Å². The van der Waals surface area contributed by atoms with Crippen LogP contribution in [0.4, 0.5) is 0 Å². The summed E-state index contributed by atoms with van der Waals surface area (Å²) in [5.74, 6) is -0.331. The summed E-state index contributed by atoms with van der Waals surface area (Å²) in [5.41, 5.74) is 2.25. The van der Waals surface area contributed by atoms with Crippen LogP contribution in [0.1, 0.15) is 52.2 Å². The zero-order valence-corrected chi connectivity index (χ0v) is 19.1. The second-order valence-electron chi connectivity index (χ2n) is 8.19. The normalized spacial score (nSPS) is 18.2. The molecule has 4 rings (SSSR count). The van der Waals surface area contributed by atoms with Crippen LogP contribution in [0.25, 0.3) is 0 Å². The molecular weight excluding hydrogens is 428 g/mol. The van der Waals surface area contributed by atoms with Crippen molar-refractivity contribution in [3.63, 3.8) is 0 Å². The summed E-state index contributed by atoms with van der Waals surface area (Å²) >= 11 is 7.86. The number of benzene rings is 2. The van der Waals surface area contributed by atoms with Gasteiger partial charge in [0.1, 0.15) is 0 Å². The van der Waals surface area contributed by atoms with Crippen molar-refractivity contribution in [2.24, 2.45) is 5.92 Å². The van der Waals surface area contributed by atoms with Crippen molar-refractivity contribution >= 4 is 34.8 Å². The molecule has 1 N–H and O–H groups in total. The third kappa shape index (κ3) is 4.39. The van der Waals surface area contributed by atoms with Crippen LogP contribution < -0.4 is 5.32 Å². The number of halogens is 1. The molecule has 3 aromatic rings. The average Bonchev–Trinajstić information content (AvgIpc) is 3.29. The van der Waals surface area contributed by atoms with E-state index in [1.165, 1.54) is 0 Å². The summed E-state index contributed by atoms with van der Waals surface area (Å²) in [7, 11) is 0. The summed E-state index contributed by atoms with van der Waals surface area (Å²) in [4.78, 5) is 29.9. The van der Waals surface area contributed by atoms with Crippen molar-refractivity contribution in [2.75, 3.05) is 6.54 Å². The van der Waals surface area contributed by atoms with Gasteiger partial charge in [-0.3, -0.25) is 9.59 Å². The van der Waals surface area contributed by atoms with Gasteiger partial charge in [-0.05, 0) is 40.6 Å². The second kappa shape index (κ2) is 9.25. The van der Waals surface area contributed by atoms with Gasteiger partial charge in [-0.1, -0.05) is 67.9 Å². The molecule has 160 valence electrons. The number of amides is 2. The molecule has 6 heteroatoms. The Kier molecular flexibility index (Phi) is 6.44. The molecule has 4 nitrogen and oxygen atoms in total. The maximum absolute atomic E-state index is 13.6. The fourth-order valence-corrected chi connectivity index (χ4v) is 5.26. The highest BCUT2D eigenvalue weighted by atomic mass is 35.5. The topological polar surface area (TPSA) is 49.4 Å². The largest absolute Gasteiger partial charge is 0.351 e. The predicted molar refractivity (Wildman–Crippen MR) is 125 cm³/mol. The van der Waals surface area contributed by atoms with Gasteiger partial charge in [-0.15, -0.1) is 11.3 Å². The Bertz CT molecular complexity index is 1080. The number of carbonyl (C=O) groups is 2. The van der Waals surface area contributed by atoms with E-state index in [2.05, 4.69) is 19.2 Å². The number of hydrogen-bond donors (Lipinski definition) is 1. The van der Waals surface area contributed by atoms with E-state index in [0.717, 1.165) is 16.0 Å². The molecule has 1 aliphatic heterocycles. The molecule has 1 aliphatic rings. The first-order chi connectivity index (χ1) is 15.0. The van der Waals surface area contributed by atoms with Crippen molar-refractivity contribution in [1.82, 2.24) is 10.2 Å². The Morgan fingerprint density at radius 1 is 1.10 bits per heavy atom. The number of thiophene rings is 1. The lowest BCUT2D eigenvalue weighted by Gasteiger charge is -2.42. The smallest absolute Gasteiger partial charge is 0.254 e. The van der Waals surface area contributed by atoms with Gasteiger partial charge in [0.15, 0.2) is 0 Å². The number of nitrogens with one attached hydrogen (secondary N) is 1. The monoisotopic (exact) mass is 452 g/mol. The summed E-state index contributed by atoms with van der Waals surface area (Å²) in [5, 5.41) is 5.69. The van der Waals surface area contributed by atoms with E-state index >= 15 is 0 Å². The van der Waals surface area contributed by atoms with Gasteiger partial charge >= 0.3 is 0 Å². The van der Waals surface area contributed by atoms with E-state index in [4.69, 9.17) is 11.6 Å². The molecule has 0 spiro atoms. The maximum Gasteiger partial charge on any atom is 0.254 e. The molecule has 2 heterocycles. The zero-order chi connectivity index (χ0) is 22.0. The molecule has 0 saturated carbocycles. The molecule has 31 heavy (non-hydrogen) atoms. The van der Waals surface area contributed by atoms with Gasteiger partial charge in [0.2, 0.25) is 5.91 Å². The van der Waals surface area contributed by atoms with Crippen molar-refractivity contribution < 1.29 is 9.59 Å². The molecule has 2 atom stereocenters. The standard InChI is InChI=1S/C25H25ClN2O2S/c1-16(2)15-28-23(21-12-7-13-31-21)22(18-9-4-5-10-19(18)25(28)30)24(29)27-14-17-8-3-6-11-20(17)26/h3-13,16,22-23H,14-15H2,1-2H3,(H,27,29)/t22-,23+/m0/s1. The van der Waals surface area contributed by atoms with Gasteiger partial charge in [0, 0.05) is 28.6 Å². The number of nitrogens with zero attached hydrogens (tertiary/aromatic N) is 1. The lowest BCUT2D eigenvalue weighted by atomic mass is 9.81. The number of fused-ring (bicyclic) bond motifs is 1.